The molecule has 0 radical (unpaired) electrons. The van der Waals surface area contributed by atoms with E-state index in [1.54, 1.807) is 13.8 Å². The van der Waals surface area contributed by atoms with E-state index in [0.717, 1.165) is 9.13 Å². The van der Waals surface area contributed by atoms with Crippen LogP contribution in [0.5, 0.6) is 0 Å². The number of halogens is 1. The molecule has 3 N–H and O–H groups in total. The van der Waals surface area contributed by atoms with Gasteiger partial charge in [0.2, 0.25) is 11.8 Å². The Hall–Kier alpha value is -1.11. The fraction of sp³-hybridized carbons (Fsp3) is 0.385. The van der Waals surface area contributed by atoms with Crippen molar-refractivity contribution in [3.8, 4) is 0 Å². The molecule has 0 aliphatic heterocycles. The van der Waals surface area contributed by atoms with Crippen molar-refractivity contribution in [2.75, 3.05) is 0 Å². The topological polar surface area (TPSA) is 72.2 Å². The lowest BCUT2D eigenvalue weighted by atomic mass is 10.0. The van der Waals surface area contributed by atoms with Crippen LogP contribution in [-0.4, -0.2) is 17.9 Å². The summed E-state index contributed by atoms with van der Waals surface area (Å²) in [5, 5.41) is 2.67. The number of rotatable bonds is 5. The molecule has 5 heteroatoms. The molecule has 0 aliphatic carbocycles. The van der Waals surface area contributed by atoms with E-state index in [4.69, 9.17) is 5.73 Å². The van der Waals surface area contributed by atoms with Crippen LogP contribution in [0.4, 0.5) is 0 Å². The third-order valence-corrected chi connectivity index (χ3v) is 3.18. The van der Waals surface area contributed by atoms with Crippen LogP contribution in [0.1, 0.15) is 19.4 Å². The smallest absolute Gasteiger partial charge is 0.240 e. The summed E-state index contributed by atoms with van der Waals surface area (Å²) in [5.74, 6) is -0.838. The number of benzene rings is 1. The average molecular weight is 360 g/mol. The van der Waals surface area contributed by atoms with Crippen LogP contribution < -0.4 is 11.1 Å². The molecule has 0 aromatic heterocycles. The van der Waals surface area contributed by atoms with Crippen LogP contribution in [0.2, 0.25) is 0 Å². The van der Waals surface area contributed by atoms with E-state index in [2.05, 4.69) is 27.9 Å². The third-order valence-electron chi connectivity index (χ3n) is 2.51. The van der Waals surface area contributed by atoms with Crippen LogP contribution in [-0.2, 0) is 16.0 Å². The number of primary amides is 1. The van der Waals surface area contributed by atoms with Crippen LogP contribution >= 0.6 is 22.6 Å². The SMILES string of the molecule is CC(C)C(=O)N[C@H](Cc1cccc(I)c1)C(N)=O. The number of nitrogens with one attached hydrogen (secondary N) is 1. The highest BCUT2D eigenvalue weighted by Crippen LogP contribution is 2.10. The Morgan fingerprint density at radius 2 is 2.06 bits per heavy atom. The molecule has 0 fully saturated rings. The maximum absolute atomic E-state index is 11.6. The first-order valence-corrected chi connectivity index (χ1v) is 6.82. The highest BCUT2D eigenvalue weighted by atomic mass is 127. The van der Waals surface area contributed by atoms with Gasteiger partial charge in [0.05, 0.1) is 0 Å². The second-order valence-corrected chi connectivity index (χ2v) is 5.70. The van der Waals surface area contributed by atoms with E-state index in [1.165, 1.54) is 0 Å². The summed E-state index contributed by atoms with van der Waals surface area (Å²) in [5.41, 5.74) is 6.30. The zero-order chi connectivity index (χ0) is 13.7. The van der Waals surface area contributed by atoms with Gasteiger partial charge in [0, 0.05) is 15.9 Å². The lowest BCUT2D eigenvalue weighted by Crippen LogP contribution is -2.47. The first-order valence-electron chi connectivity index (χ1n) is 5.74. The molecule has 0 heterocycles. The quantitative estimate of drug-likeness (QED) is 0.781. The number of amides is 2. The molecule has 1 atom stereocenters. The summed E-state index contributed by atoms with van der Waals surface area (Å²) >= 11 is 2.20. The molecule has 0 bridgehead atoms. The van der Waals surface area contributed by atoms with Crippen LogP contribution in [0.25, 0.3) is 0 Å². The average Bonchev–Trinajstić information content (AvgIpc) is 2.27. The summed E-state index contributed by atoms with van der Waals surface area (Å²) in [6.07, 6.45) is 0.421. The third kappa shape index (κ3) is 4.64. The van der Waals surface area contributed by atoms with Gasteiger partial charge in [-0.1, -0.05) is 26.0 Å². The van der Waals surface area contributed by atoms with Crippen molar-refractivity contribution in [1.82, 2.24) is 5.32 Å². The second kappa shape index (κ2) is 6.72. The predicted molar refractivity (Wildman–Crippen MR) is 78.8 cm³/mol. The maximum atomic E-state index is 11.6. The molecular formula is C13H17IN2O2. The van der Waals surface area contributed by atoms with Crippen molar-refractivity contribution < 1.29 is 9.59 Å². The standard InChI is InChI=1S/C13H17IN2O2/c1-8(2)13(18)16-11(12(15)17)7-9-4-3-5-10(14)6-9/h3-6,8,11H,7H2,1-2H3,(H2,15,17)(H,16,18)/t11-/m1/s1. The lowest BCUT2D eigenvalue weighted by Gasteiger charge is -2.17. The summed E-state index contributed by atoms with van der Waals surface area (Å²) < 4.78 is 1.09. The summed E-state index contributed by atoms with van der Waals surface area (Å²) in [6, 6.07) is 7.12. The van der Waals surface area contributed by atoms with Gasteiger partial charge in [-0.3, -0.25) is 9.59 Å². The molecule has 0 saturated heterocycles. The summed E-state index contributed by atoms with van der Waals surface area (Å²) in [4.78, 5) is 22.9. The monoisotopic (exact) mass is 360 g/mol. The molecular weight excluding hydrogens is 343 g/mol. The molecule has 2 amide bonds. The molecule has 18 heavy (non-hydrogen) atoms. The van der Waals surface area contributed by atoms with E-state index in [-0.39, 0.29) is 11.8 Å². The van der Waals surface area contributed by atoms with E-state index >= 15 is 0 Å². The first-order chi connectivity index (χ1) is 8.40. The van der Waals surface area contributed by atoms with E-state index < -0.39 is 11.9 Å². The molecule has 0 spiro atoms. The molecule has 1 rings (SSSR count). The fourth-order valence-corrected chi connectivity index (χ4v) is 2.07. The Balaban J connectivity index is 2.75. The largest absolute Gasteiger partial charge is 0.368 e. The number of carbonyl (C=O) groups excluding carboxylic acids is 2. The Morgan fingerprint density at radius 1 is 1.39 bits per heavy atom. The van der Waals surface area contributed by atoms with Gasteiger partial charge < -0.3 is 11.1 Å². The maximum Gasteiger partial charge on any atom is 0.240 e. The van der Waals surface area contributed by atoms with Crippen molar-refractivity contribution in [1.29, 1.82) is 0 Å². The summed E-state index contributed by atoms with van der Waals surface area (Å²) in [7, 11) is 0. The van der Waals surface area contributed by atoms with E-state index in [9.17, 15) is 9.59 Å². The van der Waals surface area contributed by atoms with Gasteiger partial charge in [0.1, 0.15) is 6.04 Å². The molecule has 1 aromatic rings. The minimum Gasteiger partial charge on any atom is -0.368 e. The van der Waals surface area contributed by atoms with Crippen molar-refractivity contribution >= 4 is 34.4 Å². The molecule has 0 aliphatic rings. The number of nitrogens with two attached hydrogens (primary N) is 1. The fourth-order valence-electron chi connectivity index (χ4n) is 1.46. The Bertz CT molecular complexity index is 446. The highest BCUT2D eigenvalue weighted by molar-refractivity contribution is 14.1. The Labute approximate surface area is 120 Å². The van der Waals surface area contributed by atoms with Gasteiger partial charge >= 0.3 is 0 Å². The molecule has 98 valence electrons. The number of carbonyl (C=O) groups is 2. The van der Waals surface area contributed by atoms with Crippen molar-refractivity contribution in [3.63, 3.8) is 0 Å². The lowest BCUT2D eigenvalue weighted by molar-refractivity contribution is -0.129. The molecule has 4 nitrogen and oxygen atoms in total. The van der Waals surface area contributed by atoms with Gasteiger partial charge in [0.15, 0.2) is 0 Å². The predicted octanol–water partition coefficient (Wildman–Crippen LogP) is 1.46. The normalized spacial score (nSPS) is 12.2. The van der Waals surface area contributed by atoms with Crippen molar-refractivity contribution in [3.05, 3.63) is 33.4 Å². The van der Waals surface area contributed by atoms with Crippen LogP contribution in [0.15, 0.2) is 24.3 Å². The summed E-state index contributed by atoms with van der Waals surface area (Å²) in [6.45, 7) is 3.55. The zero-order valence-electron chi connectivity index (χ0n) is 10.4. The molecule has 0 saturated carbocycles. The zero-order valence-corrected chi connectivity index (χ0v) is 12.6. The Kier molecular flexibility index (Phi) is 5.58. The van der Waals surface area contributed by atoms with Gasteiger partial charge in [0.25, 0.3) is 0 Å². The second-order valence-electron chi connectivity index (χ2n) is 4.45. The number of hydrogen-bond acceptors (Lipinski definition) is 2. The van der Waals surface area contributed by atoms with E-state index in [1.807, 2.05) is 24.3 Å². The number of hydrogen-bond donors (Lipinski definition) is 2. The molecule has 0 unspecified atom stereocenters. The minimum atomic E-state index is -0.655. The van der Waals surface area contributed by atoms with Gasteiger partial charge in [-0.2, -0.15) is 0 Å². The minimum absolute atomic E-state index is 0.163. The van der Waals surface area contributed by atoms with Gasteiger partial charge in [-0.15, -0.1) is 0 Å². The van der Waals surface area contributed by atoms with Gasteiger partial charge in [-0.25, -0.2) is 0 Å². The van der Waals surface area contributed by atoms with E-state index in [0.29, 0.717) is 6.42 Å². The van der Waals surface area contributed by atoms with Crippen molar-refractivity contribution in [2.45, 2.75) is 26.3 Å². The first kappa shape index (κ1) is 14.9. The highest BCUT2D eigenvalue weighted by Gasteiger charge is 2.19. The van der Waals surface area contributed by atoms with Crippen molar-refractivity contribution in [2.24, 2.45) is 11.7 Å². The van der Waals surface area contributed by atoms with Crippen LogP contribution in [0.3, 0.4) is 0 Å². The van der Waals surface area contributed by atoms with Gasteiger partial charge in [-0.05, 0) is 40.3 Å². The molecule has 1 aromatic carbocycles. The van der Waals surface area contributed by atoms with Crippen LogP contribution in [0, 0.1) is 9.49 Å². The Morgan fingerprint density at radius 3 is 2.56 bits per heavy atom.